The topological polar surface area (TPSA) is 54.0 Å². The van der Waals surface area contributed by atoms with E-state index in [9.17, 15) is 4.79 Å². The van der Waals surface area contributed by atoms with Gasteiger partial charge in [-0.25, -0.2) is 4.79 Å². The van der Waals surface area contributed by atoms with E-state index in [2.05, 4.69) is 0 Å². The van der Waals surface area contributed by atoms with Gasteiger partial charge in [-0.2, -0.15) is 0 Å². The highest BCUT2D eigenvalue weighted by molar-refractivity contribution is 5.85. The summed E-state index contributed by atoms with van der Waals surface area (Å²) in [5.74, 6) is -0.689. The molecule has 1 saturated heterocycles. The predicted octanol–water partition coefficient (Wildman–Crippen LogP) is 1.23. The van der Waals surface area contributed by atoms with Crippen LogP contribution in [0.5, 0.6) is 0 Å². The van der Waals surface area contributed by atoms with Gasteiger partial charge >= 0.3 is 5.97 Å². The standard InChI is InChI=1S/C12H18O5/c1-4-15-12(8(2)5-6-16-12)11-9(14-3)7-10(13)17-11/h7-8,11H,4-6H2,1-3H3. The van der Waals surface area contributed by atoms with Crippen molar-refractivity contribution in [3.8, 4) is 0 Å². The minimum atomic E-state index is -0.900. The molecule has 3 atom stereocenters. The van der Waals surface area contributed by atoms with Gasteiger partial charge in [0, 0.05) is 12.5 Å². The van der Waals surface area contributed by atoms with Crippen LogP contribution < -0.4 is 0 Å². The Morgan fingerprint density at radius 2 is 2.35 bits per heavy atom. The van der Waals surface area contributed by atoms with Crippen LogP contribution >= 0.6 is 0 Å². The summed E-state index contributed by atoms with van der Waals surface area (Å²) in [5.41, 5.74) is 0. The van der Waals surface area contributed by atoms with Crippen LogP contribution in [0.2, 0.25) is 0 Å². The maximum absolute atomic E-state index is 11.3. The van der Waals surface area contributed by atoms with E-state index in [4.69, 9.17) is 18.9 Å². The maximum atomic E-state index is 11.3. The number of carbonyl (C=O) groups excluding carboxylic acids is 1. The average molecular weight is 242 g/mol. The lowest BCUT2D eigenvalue weighted by atomic mass is 9.94. The third kappa shape index (κ3) is 1.93. The lowest BCUT2D eigenvalue weighted by molar-refractivity contribution is -0.273. The molecule has 17 heavy (non-hydrogen) atoms. The molecule has 3 unspecified atom stereocenters. The lowest BCUT2D eigenvalue weighted by Gasteiger charge is -2.36. The van der Waals surface area contributed by atoms with Crippen molar-refractivity contribution in [2.45, 2.75) is 32.2 Å². The van der Waals surface area contributed by atoms with E-state index in [1.807, 2.05) is 13.8 Å². The monoisotopic (exact) mass is 242 g/mol. The number of ether oxygens (including phenoxy) is 4. The van der Waals surface area contributed by atoms with Gasteiger partial charge in [-0.05, 0) is 13.3 Å². The zero-order chi connectivity index (χ0) is 12.5. The summed E-state index contributed by atoms with van der Waals surface area (Å²) in [6.07, 6.45) is 1.63. The van der Waals surface area contributed by atoms with Crippen molar-refractivity contribution >= 4 is 5.97 Å². The molecule has 0 spiro atoms. The maximum Gasteiger partial charge on any atom is 0.335 e. The number of carbonyl (C=O) groups is 1. The van der Waals surface area contributed by atoms with Crippen LogP contribution in [0.1, 0.15) is 20.3 Å². The van der Waals surface area contributed by atoms with Crippen LogP contribution in [0, 0.1) is 5.92 Å². The summed E-state index contributed by atoms with van der Waals surface area (Å²) in [6, 6.07) is 0. The molecule has 0 bridgehead atoms. The Morgan fingerprint density at radius 3 is 2.88 bits per heavy atom. The molecule has 5 nitrogen and oxygen atoms in total. The average Bonchev–Trinajstić information content (AvgIpc) is 2.84. The molecule has 0 aromatic rings. The molecule has 0 amide bonds. The largest absolute Gasteiger partial charge is 0.497 e. The molecule has 0 aromatic heterocycles. The zero-order valence-electron chi connectivity index (χ0n) is 10.4. The Labute approximate surface area is 101 Å². The normalized spacial score (nSPS) is 36.9. The molecule has 0 aromatic carbocycles. The van der Waals surface area contributed by atoms with Gasteiger partial charge in [0.15, 0.2) is 0 Å². The molecule has 5 heteroatoms. The van der Waals surface area contributed by atoms with Crippen LogP contribution in [0.25, 0.3) is 0 Å². The third-order valence-electron chi connectivity index (χ3n) is 3.29. The summed E-state index contributed by atoms with van der Waals surface area (Å²) < 4.78 is 21.9. The van der Waals surface area contributed by atoms with Crippen molar-refractivity contribution in [2.75, 3.05) is 20.3 Å². The second kappa shape index (κ2) is 4.66. The molecule has 0 radical (unpaired) electrons. The third-order valence-corrected chi connectivity index (χ3v) is 3.29. The number of methoxy groups -OCH3 is 1. The van der Waals surface area contributed by atoms with Crippen molar-refractivity contribution in [1.82, 2.24) is 0 Å². The van der Waals surface area contributed by atoms with Crippen LogP contribution in [0.4, 0.5) is 0 Å². The van der Waals surface area contributed by atoms with Gasteiger partial charge in [0.25, 0.3) is 0 Å². The van der Waals surface area contributed by atoms with Gasteiger partial charge in [0.05, 0.1) is 19.8 Å². The predicted molar refractivity (Wildman–Crippen MR) is 59.1 cm³/mol. The highest BCUT2D eigenvalue weighted by atomic mass is 16.7. The molecule has 0 aliphatic carbocycles. The van der Waals surface area contributed by atoms with E-state index < -0.39 is 17.9 Å². The second-order valence-corrected chi connectivity index (χ2v) is 4.26. The Kier molecular flexibility index (Phi) is 3.40. The fraction of sp³-hybridized carbons (Fsp3) is 0.750. The quantitative estimate of drug-likeness (QED) is 0.694. The van der Waals surface area contributed by atoms with Crippen LogP contribution in [-0.2, 0) is 23.7 Å². The molecule has 0 saturated carbocycles. The zero-order valence-corrected chi connectivity index (χ0v) is 10.4. The first-order valence-corrected chi connectivity index (χ1v) is 5.88. The Bertz CT molecular complexity index is 338. The molecule has 1 fully saturated rings. The van der Waals surface area contributed by atoms with Crippen LogP contribution in [0.15, 0.2) is 11.8 Å². The van der Waals surface area contributed by atoms with E-state index in [-0.39, 0.29) is 5.92 Å². The highest BCUT2D eigenvalue weighted by Crippen LogP contribution is 2.41. The highest BCUT2D eigenvalue weighted by Gasteiger charge is 2.55. The SMILES string of the molecule is CCOC1(C2OC(=O)C=C2OC)OCCC1C. The summed E-state index contributed by atoms with van der Waals surface area (Å²) >= 11 is 0. The summed E-state index contributed by atoms with van der Waals surface area (Å²) in [7, 11) is 1.51. The van der Waals surface area contributed by atoms with E-state index in [0.717, 1.165) is 6.42 Å². The number of esters is 1. The molecule has 2 aliphatic heterocycles. The molecule has 2 heterocycles. The van der Waals surface area contributed by atoms with E-state index in [0.29, 0.717) is 19.0 Å². The number of cyclic esters (lactones) is 1. The molecule has 2 aliphatic rings. The molecule has 96 valence electrons. The number of hydrogen-bond donors (Lipinski definition) is 0. The summed E-state index contributed by atoms with van der Waals surface area (Å²) in [5, 5.41) is 0. The Hall–Kier alpha value is -1.07. The molecule has 0 N–H and O–H groups in total. The van der Waals surface area contributed by atoms with Gasteiger partial charge < -0.3 is 18.9 Å². The number of hydrogen-bond acceptors (Lipinski definition) is 5. The summed E-state index contributed by atoms with van der Waals surface area (Å²) in [6.45, 7) is 5.02. The second-order valence-electron chi connectivity index (χ2n) is 4.26. The first-order chi connectivity index (χ1) is 8.14. The van der Waals surface area contributed by atoms with E-state index >= 15 is 0 Å². The van der Waals surface area contributed by atoms with Gasteiger partial charge in [-0.15, -0.1) is 0 Å². The molecule has 2 rings (SSSR count). The van der Waals surface area contributed by atoms with Crippen LogP contribution in [0.3, 0.4) is 0 Å². The summed E-state index contributed by atoms with van der Waals surface area (Å²) in [4.78, 5) is 11.3. The Morgan fingerprint density at radius 1 is 1.59 bits per heavy atom. The Balaban J connectivity index is 2.28. The molecular formula is C12H18O5. The van der Waals surface area contributed by atoms with Gasteiger partial charge in [0.2, 0.25) is 11.9 Å². The van der Waals surface area contributed by atoms with Crippen molar-refractivity contribution < 1.29 is 23.7 Å². The van der Waals surface area contributed by atoms with Crippen LogP contribution in [-0.4, -0.2) is 38.2 Å². The van der Waals surface area contributed by atoms with E-state index in [1.54, 1.807) is 0 Å². The fourth-order valence-electron chi connectivity index (χ4n) is 2.40. The van der Waals surface area contributed by atoms with E-state index in [1.165, 1.54) is 13.2 Å². The van der Waals surface area contributed by atoms with Gasteiger partial charge in [-0.1, -0.05) is 6.92 Å². The van der Waals surface area contributed by atoms with Gasteiger partial charge in [-0.3, -0.25) is 0 Å². The minimum absolute atomic E-state index is 0.150. The molecular weight excluding hydrogens is 224 g/mol. The van der Waals surface area contributed by atoms with Crippen molar-refractivity contribution in [2.24, 2.45) is 5.92 Å². The van der Waals surface area contributed by atoms with Crippen molar-refractivity contribution in [3.63, 3.8) is 0 Å². The first-order valence-electron chi connectivity index (χ1n) is 5.88. The van der Waals surface area contributed by atoms with Crippen molar-refractivity contribution in [3.05, 3.63) is 11.8 Å². The van der Waals surface area contributed by atoms with Crippen molar-refractivity contribution in [1.29, 1.82) is 0 Å². The van der Waals surface area contributed by atoms with Gasteiger partial charge in [0.1, 0.15) is 5.76 Å². The smallest absolute Gasteiger partial charge is 0.335 e. The minimum Gasteiger partial charge on any atom is -0.497 e. The fourth-order valence-corrected chi connectivity index (χ4v) is 2.40. The first kappa shape index (κ1) is 12.4. The number of rotatable bonds is 4. The lowest BCUT2D eigenvalue weighted by Crippen LogP contribution is -2.50.